The van der Waals surface area contributed by atoms with Crippen molar-refractivity contribution in [3.8, 4) is 0 Å². The SMILES string of the molecule is Cc1ccc([P@@]2(=O)O[C@H](COCc3ccccc3)[C@@H](OCc3ccccc3)[C@H](OCc3ccccc3)[C@@H]2O)cc1. The Bertz CT molecular complexity index is 1360. The van der Waals surface area contributed by atoms with E-state index in [1.807, 2.05) is 110 Å². The van der Waals surface area contributed by atoms with E-state index in [2.05, 4.69) is 0 Å². The van der Waals surface area contributed by atoms with Crippen molar-refractivity contribution in [1.82, 2.24) is 0 Å². The highest BCUT2D eigenvalue weighted by Gasteiger charge is 2.54. The Kier molecular flexibility index (Phi) is 9.61. The van der Waals surface area contributed by atoms with Crippen molar-refractivity contribution in [1.29, 1.82) is 0 Å². The van der Waals surface area contributed by atoms with E-state index in [9.17, 15) is 9.67 Å². The van der Waals surface area contributed by atoms with Gasteiger partial charge in [0, 0.05) is 5.30 Å². The van der Waals surface area contributed by atoms with Crippen molar-refractivity contribution in [2.24, 2.45) is 0 Å². The van der Waals surface area contributed by atoms with Gasteiger partial charge in [-0.15, -0.1) is 0 Å². The average Bonchev–Trinajstić information content (AvgIpc) is 2.99. The largest absolute Gasteiger partial charge is 0.380 e. The first-order valence-electron chi connectivity index (χ1n) is 13.5. The summed E-state index contributed by atoms with van der Waals surface area (Å²) < 4.78 is 39.6. The third-order valence-corrected chi connectivity index (χ3v) is 9.57. The molecule has 0 aromatic heterocycles. The van der Waals surface area contributed by atoms with Crippen LogP contribution in [-0.2, 0) is 43.1 Å². The molecule has 7 heteroatoms. The van der Waals surface area contributed by atoms with Crippen molar-refractivity contribution >= 4 is 12.7 Å². The highest BCUT2D eigenvalue weighted by Crippen LogP contribution is 2.57. The van der Waals surface area contributed by atoms with E-state index in [1.54, 1.807) is 12.1 Å². The number of hydrogen-bond donors (Lipinski definition) is 1. The lowest BCUT2D eigenvalue weighted by atomic mass is 10.1. The third kappa shape index (κ3) is 6.97. The van der Waals surface area contributed by atoms with Crippen LogP contribution in [0.2, 0.25) is 0 Å². The maximum Gasteiger partial charge on any atom is 0.262 e. The molecule has 5 atom stereocenters. The summed E-state index contributed by atoms with van der Waals surface area (Å²) >= 11 is 0. The van der Waals surface area contributed by atoms with Crippen molar-refractivity contribution in [2.75, 3.05) is 6.61 Å². The van der Waals surface area contributed by atoms with E-state index < -0.39 is 31.5 Å². The van der Waals surface area contributed by atoms with Gasteiger partial charge >= 0.3 is 0 Å². The van der Waals surface area contributed by atoms with Gasteiger partial charge in [0.25, 0.3) is 7.37 Å². The predicted octanol–water partition coefficient (Wildman–Crippen LogP) is 6.00. The molecule has 1 saturated heterocycles. The van der Waals surface area contributed by atoms with Gasteiger partial charge in [-0.25, -0.2) is 0 Å². The van der Waals surface area contributed by atoms with Crippen LogP contribution in [0, 0.1) is 6.92 Å². The molecule has 4 aromatic rings. The molecule has 0 unspecified atom stereocenters. The molecule has 4 aromatic carbocycles. The van der Waals surface area contributed by atoms with Gasteiger partial charge in [-0.1, -0.05) is 109 Å². The number of rotatable bonds is 11. The van der Waals surface area contributed by atoms with Crippen LogP contribution in [0.3, 0.4) is 0 Å². The van der Waals surface area contributed by atoms with Crippen molar-refractivity contribution in [3.63, 3.8) is 0 Å². The minimum absolute atomic E-state index is 0.113. The molecule has 1 aliphatic heterocycles. The standard InChI is InChI=1S/C33H35O6P/c1-25-17-19-29(20-18-25)40(35)33(34)32(38-23-28-15-9-4-10-16-28)31(37-22-27-13-7-3-8-14-27)30(39-40)24-36-21-26-11-5-2-6-12-26/h2-20,30-34H,21-24H2,1H3/t30-,31-,32+,33-,40-/m1/s1. The Morgan fingerprint density at radius 1 is 0.675 bits per heavy atom. The molecule has 1 N–H and O–H groups in total. The molecule has 208 valence electrons. The molecule has 1 fully saturated rings. The molecular formula is C33H35O6P. The number of aryl methyl sites for hydroxylation is 1. The molecule has 0 amide bonds. The van der Waals surface area contributed by atoms with Crippen LogP contribution in [0.15, 0.2) is 115 Å². The molecule has 40 heavy (non-hydrogen) atoms. The second-order valence-electron chi connectivity index (χ2n) is 10.0. The monoisotopic (exact) mass is 558 g/mol. The summed E-state index contributed by atoms with van der Waals surface area (Å²) in [4.78, 5) is 0. The summed E-state index contributed by atoms with van der Waals surface area (Å²) in [6.45, 7) is 2.93. The van der Waals surface area contributed by atoms with Gasteiger partial charge in [-0.2, -0.15) is 0 Å². The first-order chi connectivity index (χ1) is 19.5. The van der Waals surface area contributed by atoms with Crippen molar-refractivity contribution in [3.05, 3.63) is 138 Å². The first-order valence-corrected chi connectivity index (χ1v) is 15.2. The number of hydrogen-bond acceptors (Lipinski definition) is 6. The van der Waals surface area contributed by atoms with Crippen LogP contribution in [0.25, 0.3) is 0 Å². The smallest absolute Gasteiger partial charge is 0.262 e. The van der Waals surface area contributed by atoms with Gasteiger partial charge in [0.2, 0.25) is 0 Å². The predicted molar refractivity (Wildman–Crippen MR) is 155 cm³/mol. The van der Waals surface area contributed by atoms with Gasteiger partial charge in [0.05, 0.1) is 26.4 Å². The lowest BCUT2D eigenvalue weighted by molar-refractivity contribution is -0.174. The van der Waals surface area contributed by atoms with Gasteiger partial charge in [0.15, 0.2) is 5.85 Å². The number of aliphatic hydroxyl groups excluding tert-OH is 1. The molecule has 1 heterocycles. The van der Waals surface area contributed by atoms with E-state index >= 15 is 0 Å². The second-order valence-corrected chi connectivity index (χ2v) is 12.5. The molecule has 0 saturated carbocycles. The molecule has 0 bridgehead atoms. The van der Waals surface area contributed by atoms with E-state index in [-0.39, 0.29) is 19.8 Å². The Labute approximate surface area is 236 Å². The van der Waals surface area contributed by atoms with Crippen LogP contribution in [-0.4, -0.2) is 35.9 Å². The number of aliphatic hydroxyl groups is 1. The van der Waals surface area contributed by atoms with Gasteiger partial charge in [-0.3, -0.25) is 4.57 Å². The fourth-order valence-corrected chi connectivity index (χ4v) is 7.12. The van der Waals surface area contributed by atoms with Gasteiger partial charge in [-0.05, 0) is 35.7 Å². The highest BCUT2D eigenvalue weighted by molar-refractivity contribution is 7.67. The average molecular weight is 559 g/mol. The highest BCUT2D eigenvalue weighted by atomic mass is 31.2. The number of benzene rings is 4. The Hall–Kier alpha value is -3.09. The van der Waals surface area contributed by atoms with E-state index in [1.165, 1.54) is 0 Å². The zero-order valence-electron chi connectivity index (χ0n) is 22.5. The topological polar surface area (TPSA) is 74.2 Å². The quantitative estimate of drug-likeness (QED) is 0.228. The van der Waals surface area contributed by atoms with Gasteiger partial charge < -0.3 is 23.8 Å². The summed E-state index contributed by atoms with van der Waals surface area (Å²) in [7, 11) is -3.78. The van der Waals surface area contributed by atoms with E-state index in [0.717, 1.165) is 22.3 Å². The van der Waals surface area contributed by atoms with Crippen molar-refractivity contribution in [2.45, 2.75) is 50.9 Å². The lowest BCUT2D eigenvalue weighted by Gasteiger charge is -2.44. The molecule has 0 radical (unpaired) electrons. The van der Waals surface area contributed by atoms with Crippen LogP contribution in [0.1, 0.15) is 22.3 Å². The molecule has 5 rings (SSSR count). The van der Waals surface area contributed by atoms with E-state index in [0.29, 0.717) is 11.9 Å². The van der Waals surface area contributed by atoms with Crippen molar-refractivity contribution < 1.29 is 28.4 Å². The lowest BCUT2D eigenvalue weighted by Crippen LogP contribution is -2.55. The molecule has 1 aliphatic rings. The zero-order valence-corrected chi connectivity index (χ0v) is 23.4. The Morgan fingerprint density at radius 2 is 1.15 bits per heavy atom. The second kappa shape index (κ2) is 13.5. The summed E-state index contributed by atoms with van der Waals surface area (Å²) in [5.41, 5.74) is 3.93. The van der Waals surface area contributed by atoms with Gasteiger partial charge in [0.1, 0.15) is 18.3 Å². The summed E-state index contributed by atoms with van der Waals surface area (Å²) in [5, 5.41) is 12.1. The zero-order chi connectivity index (χ0) is 27.8. The van der Waals surface area contributed by atoms with Crippen LogP contribution >= 0.6 is 7.37 Å². The maximum absolute atomic E-state index is 14.5. The summed E-state index contributed by atoms with van der Waals surface area (Å²) in [6, 6.07) is 36.5. The minimum atomic E-state index is -3.78. The summed E-state index contributed by atoms with van der Waals surface area (Å²) in [6.07, 6.45) is -2.40. The fourth-order valence-electron chi connectivity index (χ4n) is 4.77. The maximum atomic E-state index is 14.5. The number of ether oxygens (including phenoxy) is 3. The minimum Gasteiger partial charge on any atom is -0.380 e. The van der Waals surface area contributed by atoms with Crippen LogP contribution < -0.4 is 5.30 Å². The Balaban J connectivity index is 1.44. The van der Waals surface area contributed by atoms with Crippen LogP contribution in [0.5, 0.6) is 0 Å². The van der Waals surface area contributed by atoms with Crippen LogP contribution in [0.4, 0.5) is 0 Å². The molecule has 0 spiro atoms. The molecule has 6 nitrogen and oxygen atoms in total. The first kappa shape index (κ1) is 28.4. The van der Waals surface area contributed by atoms with E-state index in [4.69, 9.17) is 18.7 Å². The summed E-state index contributed by atoms with van der Waals surface area (Å²) in [5.74, 6) is -1.43. The normalized spacial score (nSPS) is 24.6. The Morgan fingerprint density at radius 3 is 1.68 bits per heavy atom. The fraction of sp³-hybridized carbons (Fsp3) is 0.273. The molecular weight excluding hydrogens is 523 g/mol. The third-order valence-electron chi connectivity index (χ3n) is 6.98. The molecule has 0 aliphatic carbocycles.